The molecule has 0 unspecified atom stereocenters. The van der Waals surface area contributed by atoms with Gasteiger partial charge in [-0.2, -0.15) is 18.3 Å². The maximum atomic E-state index is 13.6. The third-order valence-electron chi connectivity index (χ3n) is 4.21. The number of hydrogen-bond acceptors (Lipinski definition) is 4. The fourth-order valence-electron chi connectivity index (χ4n) is 2.87. The van der Waals surface area contributed by atoms with E-state index in [4.69, 9.17) is 11.6 Å². The van der Waals surface area contributed by atoms with Crippen LogP contribution in [0.5, 0.6) is 0 Å². The summed E-state index contributed by atoms with van der Waals surface area (Å²) >= 11 is 7.59. The first-order chi connectivity index (χ1) is 12.3. The lowest BCUT2D eigenvalue weighted by Gasteiger charge is -2.32. The van der Waals surface area contributed by atoms with E-state index in [1.807, 2.05) is 6.92 Å². The first-order valence-corrected chi connectivity index (χ1v) is 9.51. The van der Waals surface area contributed by atoms with Crippen molar-refractivity contribution in [3.8, 4) is 0 Å². The van der Waals surface area contributed by atoms with Gasteiger partial charge in [-0.05, 0) is 17.9 Å². The summed E-state index contributed by atoms with van der Waals surface area (Å²) in [6.07, 6.45) is -3.07. The Bertz CT molecular complexity index is 775. The molecule has 1 amide bonds. The van der Waals surface area contributed by atoms with Crippen molar-refractivity contribution in [1.82, 2.24) is 15.1 Å². The number of hydrogen-bond donors (Lipinski definition) is 2. The number of rotatable bonds is 5. The van der Waals surface area contributed by atoms with Crippen molar-refractivity contribution in [1.29, 1.82) is 0 Å². The van der Waals surface area contributed by atoms with Crippen molar-refractivity contribution in [3.05, 3.63) is 33.1 Å². The summed E-state index contributed by atoms with van der Waals surface area (Å²) in [6, 6.07) is 1.17. The van der Waals surface area contributed by atoms with Crippen LogP contribution in [0.1, 0.15) is 53.6 Å². The number of nitrogens with one attached hydrogen (secondary N) is 2. The zero-order valence-corrected chi connectivity index (χ0v) is 15.5. The third-order valence-corrected chi connectivity index (χ3v) is 5.56. The van der Waals surface area contributed by atoms with Crippen LogP contribution in [0, 0.1) is 0 Å². The van der Waals surface area contributed by atoms with Crippen molar-refractivity contribution >= 4 is 34.7 Å². The highest BCUT2D eigenvalue weighted by Gasteiger charge is 2.48. The molecular formula is C16H18ClF3N4OS. The maximum absolute atomic E-state index is 13.6. The van der Waals surface area contributed by atoms with Crippen LogP contribution in [0.3, 0.4) is 0 Å². The molecular weight excluding hydrogens is 389 g/mol. The normalized spacial score (nSPS) is 19.7. The Kier molecular flexibility index (Phi) is 5.47. The number of carbonyl (C=O) groups excluding carboxylic acids is 1. The van der Waals surface area contributed by atoms with E-state index in [-0.39, 0.29) is 23.0 Å². The Morgan fingerprint density at radius 2 is 2.31 bits per heavy atom. The number of nitrogens with zero attached hydrogens (tertiary/aromatic N) is 2. The third kappa shape index (κ3) is 3.68. The van der Waals surface area contributed by atoms with E-state index in [2.05, 4.69) is 15.7 Å². The minimum absolute atomic E-state index is 0.0271. The molecule has 3 rings (SSSR count). The summed E-state index contributed by atoms with van der Waals surface area (Å²) in [5, 5.41) is 11.3. The molecule has 0 saturated heterocycles. The van der Waals surface area contributed by atoms with E-state index < -0.39 is 24.2 Å². The lowest BCUT2D eigenvalue weighted by Crippen LogP contribution is -2.35. The predicted octanol–water partition coefficient (Wildman–Crippen LogP) is 4.79. The fourth-order valence-corrected chi connectivity index (χ4v) is 3.93. The summed E-state index contributed by atoms with van der Waals surface area (Å²) in [5.74, 6) is -0.542. The van der Waals surface area contributed by atoms with Gasteiger partial charge in [0.05, 0.1) is 6.04 Å². The molecule has 0 radical (unpaired) electrons. The van der Waals surface area contributed by atoms with Gasteiger partial charge < -0.3 is 10.6 Å². The number of anilines is 1. The maximum Gasteiger partial charge on any atom is 0.410 e. The molecule has 10 heteroatoms. The molecule has 1 aliphatic heterocycles. The second-order valence-corrected chi connectivity index (χ2v) is 7.43. The number of carbonyl (C=O) groups is 1. The summed E-state index contributed by atoms with van der Waals surface area (Å²) in [5.41, 5.74) is -0.189. The highest BCUT2D eigenvalue weighted by atomic mass is 35.5. The van der Waals surface area contributed by atoms with Crippen LogP contribution >= 0.6 is 22.9 Å². The van der Waals surface area contributed by atoms with Crippen LogP contribution in [-0.4, -0.2) is 28.4 Å². The first-order valence-electron chi connectivity index (χ1n) is 8.25. The van der Waals surface area contributed by atoms with Gasteiger partial charge in [0.15, 0.2) is 11.7 Å². The smallest absolute Gasteiger partial charge is 0.361 e. The summed E-state index contributed by atoms with van der Waals surface area (Å²) in [7, 11) is 0. The molecule has 2 N–H and O–H groups in total. The van der Waals surface area contributed by atoms with E-state index in [0.29, 0.717) is 6.54 Å². The van der Waals surface area contributed by atoms with Crippen molar-refractivity contribution in [2.75, 3.05) is 11.9 Å². The van der Waals surface area contributed by atoms with Crippen molar-refractivity contribution < 1.29 is 18.0 Å². The average molecular weight is 407 g/mol. The number of thiophene rings is 1. The van der Waals surface area contributed by atoms with Crippen LogP contribution in [0.4, 0.5) is 19.0 Å². The van der Waals surface area contributed by atoms with Gasteiger partial charge in [-0.3, -0.25) is 4.79 Å². The fraction of sp³-hybridized carbons (Fsp3) is 0.500. The number of unbranched alkanes of at least 4 members (excludes halogenated alkanes) is 1. The molecule has 0 saturated carbocycles. The molecule has 2 aromatic heterocycles. The summed E-state index contributed by atoms with van der Waals surface area (Å²) in [6.45, 7) is 2.39. The minimum atomic E-state index is -4.50. The molecule has 0 bridgehead atoms. The Morgan fingerprint density at radius 1 is 1.54 bits per heavy atom. The van der Waals surface area contributed by atoms with Crippen molar-refractivity contribution in [3.63, 3.8) is 0 Å². The number of aromatic nitrogens is 2. The first kappa shape index (κ1) is 19.0. The highest BCUT2D eigenvalue weighted by Crippen LogP contribution is 2.46. The minimum Gasteiger partial charge on any atom is -0.361 e. The molecule has 5 nitrogen and oxygen atoms in total. The number of amides is 1. The monoisotopic (exact) mass is 406 g/mol. The van der Waals surface area contributed by atoms with Gasteiger partial charge >= 0.3 is 6.18 Å². The molecule has 1 aliphatic rings. The molecule has 0 aliphatic carbocycles. The van der Waals surface area contributed by atoms with Gasteiger partial charge in [0.25, 0.3) is 5.91 Å². The van der Waals surface area contributed by atoms with E-state index in [9.17, 15) is 18.0 Å². The molecule has 26 heavy (non-hydrogen) atoms. The molecule has 0 aromatic carbocycles. The van der Waals surface area contributed by atoms with Crippen LogP contribution in [0.15, 0.2) is 17.5 Å². The Labute approximate surface area is 157 Å². The van der Waals surface area contributed by atoms with E-state index in [1.54, 1.807) is 17.5 Å². The van der Waals surface area contributed by atoms with E-state index in [0.717, 1.165) is 22.4 Å². The number of fused-ring (bicyclic) bond motifs is 1. The van der Waals surface area contributed by atoms with Gasteiger partial charge in [-0.1, -0.05) is 31.0 Å². The Morgan fingerprint density at radius 3 is 2.92 bits per heavy atom. The van der Waals surface area contributed by atoms with Crippen LogP contribution in [0.2, 0.25) is 5.02 Å². The van der Waals surface area contributed by atoms with Gasteiger partial charge in [0.2, 0.25) is 0 Å². The number of alkyl halides is 3. The van der Waals surface area contributed by atoms with E-state index in [1.165, 1.54) is 11.3 Å². The summed E-state index contributed by atoms with van der Waals surface area (Å²) in [4.78, 5) is 13.0. The second-order valence-electron chi connectivity index (χ2n) is 6.07. The van der Waals surface area contributed by atoms with Crippen molar-refractivity contribution in [2.45, 2.75) is 44.4 Å². The van der Waals surface area contributed by atoms with Gasteiger partial charge in [-0.15, -0.1) is 11.3 Å². The SMILES string of the molecule is CCCCNC(=O)c1nn2c(c1Cl)N[C@@H](c1cccs1)C[C@H]2C(F)(F)F. The molecule has 0 spiro atoms. The van der Waals surface area contributed by atoms with Crippen LogP contribution in [-0.2, 0) is 0 Å². The largest absolute Gasteiger partial charge is 0.410 e. The summed E-state index contributed by atoms with van der Waals surface area (Å²) < 4.78 is 41.6. The second kappa shape index (κ2) is 7.48. The zero-order chi connectivity index (χ0) is 18.9. The topological polar surface area (TPSA) is 59.0 Å². The van der Waals surface area contributed by atoms with Gasteiger partial charge in [0, 0.05) is 17.8 Å². The lowest BCUT2D eigenvalue weighted by molar-refractivity contribution is -0.173. The number of halogens is 4. The lowest BCUT2D eigenvalue weighted by atomic mass is 10.0. The van der Waals surface area contributed by atoms with Crippen molar-refractivity contribution in [2.24, 2.45) is 0 Å². The highest BCUT2D eigenvalue weighted by molar-refractivity contribution is 7.10. The van der Waals surface area contributed by atoms with E-state index >= 15 is 0 Å². The predicted molar refractivity (Wildman–Crippen MR) is 94.9 cm³/mol. The zero-order valence-electron chi connectivity index (χ0n) is 13.9. The quantitative estimate of drug-likeness (QED) is 0.702. The standard InChI is InChI=1S/C16H18ClF3N4OS/c1-2-3-6-21-15(25)13-12(17)14-22-9(10-5-4-7-26-10)8-11(16(18,19)20)24(14)23-13/h4-5,7,9,11,22H,2-3,6,8H2,1H3,(H,21,25)/t9-,11+/m1/s1. The molecule has 0 fully saturated rings. The molecule has 142 valence electrons. The molecule has 3 heterocycles. The van der Waals surface area contributed by atoms with Crippen LogP contribution < -0.4 is 10.6 Å². The average Bonchev–Trinajstić information content (AvgIpc) is 3.22. The Balaban J connectivity index is 1.95. The molecule has 2 aromatic rings. The van der Waals surface area contributed by atoms with Crippen LogP contribution in [0.25, 0.3) is 0 Å². The molecule has 2 atom stereocenters. The van der Waals surface area contributed by atoms with Gasteiger partial charge in [-0.25, -0.2) is 4.68 Å². The Hall–Kier alpha value is -1.74. The van der Waals surface area contributed by atoms with Gasteiger partial charge in [0.1, 0.15) is 10.8 Å².